The van der Waals surface area contributed by atoms with Crippen molar-refractivity contribution in [3.8, 4) is 0 Å². The summed E-state index contributed by atoms with van der Waals surface area (Å²) in [7, 11) is 0. The summed E-state index contributed by atoms with van der Waals surface area (Å²) in [5.74, 6) is -0.0487. The molecule has 410 valence electrons. The molecule has 3 N–H and O–H groups in total. The van der Waals surface area contributed by atoms with Crippen molar-refractivity contribution in [2.24, 2.45) is 0 Å². The fourth-order valence-electron chi connectivity index (χ4n) is 9.99. The Labute approximate surface area is 431 Å². The first kappa shape index (κ1) is 67.6. The Morgan fingerprint density at radius 1 is 0.391 bits per heavy atom. The SMILES string of the molecule is CCCCCCCCCC/C=C/C(O)C(CO)NC(=O)CCCCCCCCCCCCCCCCCCCCCCCCCOC(=O)CCCCCCCCCCCCCCCCCCCCC. The van der Waals surface area contributed by atoms with Crippen molar-refractivity contribution in [3.05, 3.63) is 12.2 Å². The zero-order valence-corrected chi connectivity index (χ0v) is 46.8. The fourth-order valence-corrected chi connectivity index (χ4v) is 9.99. The van der Waals surface area contributed by atoms with E-state index in [0.29, 0.717) is 19.4 Å². The van der Waals surface area contributed by atoms with Gasteiger partial charge in [-0.25, -0.2) is 0 Å². The van der Waals surface area contributed by atoms with Gasteiger partial charge in [-0.3, -0.25) is 9.59 Å². The molecule has 0 aliphatic heterocycles. The lowest BCUT2D eigenvalue weighted by Crippen LogP contribution is -2.45. The molecule has 6 nitrogen and oxygen atoms in total. The number of allylic oxidation sites excluding steroid dienone is 1. The van der Waals surface area contributed by atoms with E-state index in [1.165, 1.54) is 289 Å². The molecule has 0 radical (unpaired) electrons. The van der Waals surface area contributed by atoms with Crippen LogP contribution >= 0.6 is 0 Å². The molecule has 0 aliphatic rings. The van der Waals surface area contributed by atoms with Crippen LogP contribution in [0.2, 0.25) is 0 Å². The summed E-state index contributed by atoms with van der Waals surface area (Å²) in [6.45, 7) is 4.91. The van der Waals surface area contributed by atoms with Crippen LogP contribution in [0.15, 0.2) is 12.2 Å². The van der Waals surface area contributed by atoms with Crippen LogP contribution in [0.4, 0.5) is 0 Å². The van der Waals surface area contributed by atoms with E-state index in [-0.39, 0.29) is 18.5 Å². The number of carbonyl (C=O) groups excluding carboxylic acids is 2. The molecular weight excluding hydrogens is 851 g/mol. The number of hydrogen-bond donors (Lipinski definition) is 3. The normalized spacial score (nSPS) is 12.6. The van der Waals surface area contributed by atoms with E-state index >= 15 is 0 Å². The van der Waals surface area contributed by atoms with Gasteiger partial charge in [-0.05, 0) is 32.1 Å². The van der Waals surface area contributed by atoms with Crippen molar-refractivity contribution >= 4 is 11.9 Å². The maximum Gasteiger partial charge on any atom is 0.305 e. The van der Waals surface area contributed by atoms with Gasteiger partial charge in [0.1, 0.15) is 0 Å². The van der Waals surface area contributed by atoms with Crippen LogP contribution in [0.5, 0.6) is 0 Å². The zero-order chi connectivity index (χ0) is 50.0. The molecule has 0 saturated carbocycles. The lowest BCUT2D eigenvalue weighted by atomic mass is 10.0. The second-order valence-corrected chi connectivity index (χ2v) is 21.8. The second-order valence-electron chi connectivity index (χ2n) is 21.8. The van der Waals surface area contributed by atoms with Gasteiger partial charge in [0.05, 0.1) is 25.4 Å². The van der Waals surface area contributed by atoms with Crippen molar-refractivity contribution in [1.82, 2.24) is 5.32 Å². The number of aliphatic hydroxyl groups is 2. The highest BCUT2D eigenvalue weighted by atomic mass is 16.5. The zero-order valence-electron chi connectivity index (χ0n) is 46.8. The average molecular weight is 975 g/mol. The number of rotatable bonds is 59. The van der Waals surface area contributed by atoms with E-state index in [9.17, 15) is 19.8 Å². The summed E-state index contributed by atoms with van der Waals surface area (Å²) in [5.41, 5.74) is 0. The first-order valence-corrected chi connectivity index (χ1v) is 31.5. The molecule has 69 heavy (non-hydrogen) atoms. The molecule has 0 fully saturated rings. The van der Waals surface area contributed by atoms with Crippen LogP contribution < -0.4 is 5.32 Å². The van der Waals surface area contributed by atoms with Crippen molar-refractivity contribution in [3.63, 3.8) is 0 Å². The molecule has 0 rings (SSSR count). The van der Waals surface area contributed by atoms with Crippen LogP contribution in [0.1, 0.15) is 354 Å². The smallest absolute Gasteiger partial charge is 0.305 e. The molecular formula is C63H123NO5. The van der Waals surface area contributed by atoms with E-state index in [2.05, 4.69) is 19.2 Å². The number of carbonyl (C=O) groups is 2. The monoisotopic (exact) mass is 974 g/mol. The molecule has 0 aromatic heterocycles. The third-order valence-electron chi connectivity index (χ3n) is 14.8. The Morgan fingerprint density at radius 2 is 0.667 bits per heavy atom. The number of amides is 1. The molecule has 0 saturated heterocycles. The van der Waals surface area contributed by atoms with Gasteiger partial charge in [0.25, 0.3) is 0 Å². The van der Waals surface area contributed by atoms with Crippen molar-refractivity contribution in [1.29, 1.82) is 0 Å². The summed E-state index contributed by atoms with van der Waals surface area (Å²) in [5, 5.41) is 23.0. The maximum atomic E-state index is 12.4. The van der Waals surface area contributed by atoms with Gasteiger partial charge >= 0.3 is 5.97 Å². The average Bonchev–Trinajstić information content (AvgIpc) is 3.35. The van der Waals surface area contributed by atoms with Gasteiger partial charge in [-0.2, -0.15) is 0 Å². The number of aliphatic hydroxyl groups excluding tert-OH is 2. The van der Waals surface area contributed by atoms with Gasteiger partial charge < -0.3 is 20.3 Å². The summed E-state index contributed by atoms with van der Waals surface area (Å²) in [6, 6.07) is -0.625. The lowest BCUT2D eigenvalue weighted by Gasteiger charge is -2.20. The highest BCUT2D eigenvalue weighted by Crippen LogP contribution is 2.18. The Bertz CT molecular complexity index is 1030. The van der Waals surface area contributed by atoms with Crippen molar-refractivity contribution in [2.75, 3.05) is 13.2 Å². The Kier molecular flexibility index (Phi) is 58.0. The van der Waals surface area contributed by atoms with E-state index in [4.69, 9.17) is 4.74 Å². The first-order valence-electron chi connectivity index (χ1n) is 31.5. The third kappa shape index (κ3) is 55.8. The van der Waals surface area contributed by atoms with Crippen LogP contribution in [0.25, 0.3) is 0 Å². The summed E-state index contributed by atoms with van der Waals surface area (Å²) >= 11 is 0. The van der Waals surface area contributed by atoms with Crippen LogP contribution in [-0.4, -0.2) is 47.4 Å². The predicted octanol–water partition coefficient (Wildman–Crippen LogP) is 19.6. The number of nitrogens with one attached hydrogen (secondary N) is 1. The van der Waals surface area contributed by atoms with E-state index in [1.807, 2.05) is 6.08 Å². The summed E-state index contributed by atoms with van der Waals surface area (Å²) in [6.07, 6.45) is 71.3. The summed E-state index contributed by atoms with van der Waals surface area (Å²) in [4.78, 5) is 24.5. The van der Waals surface area contributed by atoms with Gasteiger partial charge in [0, 0.05) is 12.8 Å². The minimum absolute atomic E-state index is 0.0191. The van der Waals surface area contributed by atoms with Crippen molar-refractivity contribution < 1.29 is 24.5 Å². The van der Waals surface area contributed by atoms with E-state index in [1.54, 1.807) is 6.08 Å². The molecule has 6 heteroatoms. The second kappa shape index (κ2) is 59.2. The number of hydrogen-bond acceptors (Lipinski definition) is 5. The molecule has 0 bridgehead atoms. The molecule has 0 aromatic carbocycles. The van der Waals surface area contributed by atoms with Crippen LogP contribution in [0.3, 0.4) is 0 Å². The molecule has 0 aromatic rings. The summed E-state index contributed by atoms with van der Waals surface area (Å²) < 4.78 is 5.51. The Hall–Kier alpha value is -1.40. The highest BCUT2D eigenvalue weighted by Gasteiger charge is 2.18. The maximum absolute atomic E-state index is 12.4. The van der Waals surface area contributed by atoms with Gasteiger partial charge in [-0.15, -0.1) is 0 Å². The molecule has 1 amide bonds. The lowest BCUT2D eigenvalue weighted by molar-refractivity contribution is -0.143. The third-order valence-corrected chi connectivity index (χ3v) is 14.8. The molecule has 0 aliphatic carbocycles. The van der Waals surface area contributed by atoms with Crippen LogP contribution in [0, 0.1) is 0 Å². The fraction of sp³-hybridized carbons (Fsp3) is 0.937. The minimum atomic E-state index is -0.841. The number of unbranched alkanes of at least 4 members (excludes halogenated alkanes) is 48. The molecule has 2 atom stereocenters. The largest absolute Gasteiger partial charge is 0.466 e. The topological polar surface area (TPSA) is 95.9 Å². The minimum Gasteiger partial charge on any atom is -0.466 e. The van der Waals surface area contributed by atoms with E-state index < -0.39 is 12.1 Å². The molecule has 0 heterocycles. The van der Waals surface area contributed by atoms with E-state index in [0.717, 1.165) is 38.5 Å². The Morgan fingerprint density at radius 3 is 0.986 bits per heavy atom. The first-order chi connectivity index (χ1) is 34.0. The van der Waals surface area contributed by atoms with Crippen molar-refractivity contribution in [2.45, 2.75) is 366 Å². The highest BCUT2D eigenvalue weighted by molar-refractivity contribution is 5.76. The van der Waals surface area contributed by atoms with Gasteiger partial charge in [0.15, 0.2) is 0 Å². The van der Waals surface area contributed by atoms with Gasteiger partial charge in [-0.1, -0.05) is 321 Å². The predicted molar refractivity (Wildman–Crippen MR) is 301 cm³/mol. The molecule has 2 unspecified atom stereocenters. The van der Waals surface area contributed by atoms with Crippen LogP contribution in [-0.2, 0) is 14.3 Å². The number of esters is 1. The van der Waals surface area contributed by atoms with Gasteiger partial charge in [0.2, 0.25) is 5.91 Å². The quantitative estimate of drug-likeness (QED) is 0.0321. The molecule has 0 spiro atoms. The Balaban J connectivity index is 3.33. The number of ether oxygens (including phenoxy) is 1. The standard InChI is InChI=1S/C63H123NO5/c1-3-5-7-9-11-13-15-16-17-18-24-28-31-34-37-41-45-49-53-57-63(68)69-58-54-50-46-42-38-35-32-29-26-23-21-19-20-22-25-27-30-33-36-40-44-48-52-56-62(67)64-60(59-65)61(66)55-51-47-43-39-14-12-10-8-6-4-2/h51,55,60-61,65-66H,3-50,52-54,56-59H2,1-2H3,(H,64,67)/b55-51+.